The Bertz CT molecular complexity index is 584. The molecule has 0 radical (unpaired) electrons. The van der Waals surface area contributed by atoms with Gasteiger partial charge in [-0.15, -0.1) is 0 Å². The van der Waals surface area contributed by atoms with E-state index in [9.17, 15) is 4.79 Å². The molecule has 3 rings (SSSR count). The zero-order chi connectivity index (χ0) is 16.6. The summed E-state index contributed by atoms with van der Waals surface area (Å²) in [5.41, 5.74) is 8.31. The molecule has 126 valence electrons. The van der Waals surface area contributed by atoms with Gasteiger partial charge in [-0.3, -0.25) is 4.79 Å². The maximum atomic E-state index is 12.5. The first-order valence-corrected chi connectivity index (χ1v) is 8.49. The third-order valence-electron chi connectivity index (χ3n) is 4.69. The van der Waals surface area contributed by atoms with Gasteiger partial charge in [-0.05, 0) is 70.4 Å². The lowest BCUT2D eigenvalue weighted by molar-refractivity contribution is -0.125. The van der Waals surface area contributed by atoms with Crippen LogP contribution in [0, 0.1) is 5.92 Å². The Morgan fingerprint density at radius 3 is 2.78 bits per heavy atom. The summed E-state index contributed by atoms with van der Waals surface area (Å²) >= 11 is 0. The number of nitrogens with zero attached hydrogens (tertiary/aromatic N) is 2. The Morgan fingerprint density at radius 1 is 1.39 bits per heavy atom. The summed E-state index contributed by atoms with van der Waals surface area (Å²) in [4.78, 5) is 16.6. The highest BCUT2D eigenvalue weighted by Gasteiger charge is 2.34. The third-order valence-corrected chi connectivity index (χ3v) is 4.69. The lowest BCUT2D eigenvalue weighted by Crippen LogP contribution is -2.45. The maximum absolute atomic E-state index is 12.5. The number of benzene rings is 1. The van der Waals surface area contributed by atoms with Gasteiger partial charge in [-0.25, -0.2) is 0 Å². The van der Waals surface area contributed by atoms with E-state index in [1.807, 2.05) is 38.1 Å². The molecule has 2 aliphatic rings. The van der Waals surface area contributed by atoms with E-state index in [1.165, 1.54) is 12.8 Å². The molecule has 23 heavy (non-hydrogen) atoms. The van der Waals surface area contributed by atoms with Crippen molar-refractivity contribution in [2.75, 3.05) is 32.1 Å². The van der Waals surface area contributed by atoms with Crippen LogP contribution in [0.3, 0.4) is 0 Å². The second-order valence-electron chi connectivity index (χ2n) is 7.00. The van der Waals surface area contributed by atoms with E-state index in [0.717, 1.165) is 30.0 Å². The Labute approximate surface area is 138 Å². The first-order valence-electron chi connectivity index (χ1n) is 8.49. The zero-order valence-electron chi connectivity index (χ0n) is 14.3. The third kappa shape index (κ3) is 3.51. The molecule has 2 N–H and O–H groups in total. The van der Waals surface area contributed by atoms with Gasteiger partial charge in [0.25, 0.3) is 5.91 Å². The predicted molar refractivity (Wildman–Crippen MR) is 91.7 cm³/mol. The molecule has 1 heterocycles. The molecule has 1 aromatic carbocycles. The number of anilines is 1. The van der Waals surface area contributed by atoms with Gasteiger partial charge < -0.3 is 20.3 Å². The predicted octanol–water partition coefficient (Wildman–Crippen LogP) is 2.16. The van der Waals surface area contributed by atoms with Crippen LogP contribution in [0.5, 0.6) is 5.75 Å². The van der Waals surface area contributed by atoms with Crippen LogP contribution >= 0.6 is 0 Å². The van der Waals surface area contributed by atoms with Crippen molar-refractivity contribution in [2.45, 2.75) is 38.3 Å². The minimum atomic E-state index is -0.426. The molecule has 2 atom stereocenters. The molecule has 1 amide bonds. The Kier molecular flexibility index (Phi) is 4.60. The van der Waals surface area contributed by atoms with Gasteiger partial charge >= 0.3 is 0 Å². The molecule has 2 unspecified atom stereocenters. The fourth-order valence-corrected chi connectivity index (χ4v) is 3.13. The SMILES string of the molecule is CC1Oc2ccc(C(N)C3CC3)cc2N(CCCN(C)C)C1=O. The fraction of sp³-hybridized carbons (Fsp3) is 0.611. The van der Waals surface area contributed by atoms with E-state index >= 15 is 0 Å². The Balaban J connectivity index is 1.84. The maximum Gasteiger partial charge on any atom is 0.267 e. The number of carbonyl (C=O) groups is 1. The number of amides is 1. The topological polar surface area (TPSA) is 58.8 Å². The summed E-state index contributed by atoms with van der Waals surface area (Å²) in [6, 6.07) is 6.13. The number of hydrogen-bond donors (Lipinski definition) is 1. The molecule has 1 saturated carbocycles. The Hall–Kier alpha value is -1.59. The quantitative estimate of drug-likeness (QED) is 0.873. The van der Waals surface area contributed by atoms with Crippen LogP contribution < -0.4 is 15.4 Å². The standard InChI is InChI=1S/C18H27N3O2/c1-12-18(22)21(10-4-9-20(2)3)15-11-14(7-8-16(15)23-12)17(19)13-5-6-13/h7-8,11-13,17H,4-6,9-10,19H2,1-3H3. The van der Waals surface area contributed by atoms with Crippen molar-refractivity contribution >= 4 is 11.6 Å². The van der Waals surface area contributed by atoms with Crippen molar-refractivity contribution in [3.05, 3.63) is 23.8 Å². The number of rotatable bonds is 6. The second kappa shape index (κ2) is 6.49. The number of ether oxygens (including phenoxy) is 1. The average Bonchev–Trinajstić information content (AvgIpc) is 3.34. The number of hydrogen-bond acceptors (Lipinski definition) is 4. The largest absolute Gasteiger partial charge is 0.479 e. The van der Waals surface area contributed by atoms with Crippen LogP contribution in [0.2, 0.25) is 0 Å². The van der Waals surface area contributed by atoms with Crippen molar-refractivity contribution in [3.8, 4) is 5.75 Å². The van der Waals surface area contributed by atoms with E-state index in [-0.39, 0.29) is 11.9 Å². The normalized spacial score (nSPS) is 22.0. The van der Waals surface area contributed by atoms with Crippen LogP contribution in [0.4, 0.5) is 5.69 Å². The first-order chi connectivity index (χ1) is 11.0. The molecule has 5 nitrogen and oxygen atoms in total. The molecule has 0 saturated heterocycles. The molecule has 5 heteroatoms. The van der Waals surface area contributed by atoms with Crippen LogP contribution in [0.15, 0.2) is 18.2 Å². The van der Waals surface area contributed by atoms with Gasteiger partial charge in [0.15, 0.2) is 6.10 Å². The molecule has 0 aromatic heterocycles. The smallest absolute Gasteiger partial charge is 0.267 e. The molecule has 1 aliphatic heterocycles. The van der Waals surface area contributed by atoms with Crippen LogP contribution in [0.25, 0.3) is 0 Å². The summed E-state index contributed by atoms with van der Waals surface area (Å²) in [6.07, 6.45) is 2.92. The Morgan fingerprint density at radius 2 is 2.13 bits per heavy atom. The molecule has 1 aromatic rings. The van der Waals surface area contributed by atoms with Crippen LogP contribution in [-0.2, 0) is 4.79 Å². The van der Waals surface area contributed by atoms with Crippen molar-refractivity contribution in [2.24, 2.45) is 11.7 Å². The van der Waals surface area contributed by atoms with Crippen LogP contribution in [0.1, 0.15) is 37.8 Å². The van der Waals surface area contributed by atoms with Crippen molar-refractivity contribution in [1.82, 2.24) is 4.90 Å². The average molecular weight is 317 g/mol. The van der Waals surface area contributed by atoms with E-state index in [0.29, 0.717) is 12.5 Å². The highest BCUT2D eigenvalue weighted by molar-refractivity contribution is 5.99. The summed E-state index contributed by atoms with van der Waals surface area (Å²) < 4.78 is 5.77. The van der Waals surface area contributed by atoms with Crippen LogP contribution in [-0.4, -0.2) is 44.1 Å². The van der Waals surface area contributed by atoms with E-state index in [4.69, 9.17) is 10.5 Å². The molecule has 1 aliphatic carbocycles. The summed E-state index contributed by atoms with van der Waals surface area (Å²) in [5.74, 6) is 1.41. The van der Waals surface area contributed by atoms with Gasteiger partial charge in [0, 0.05) is 12.6 Å². The molecular weight excluding hydrogens is 290 g/mol. The van der Waals surface area contributed by atoms with E-state index in [1.54, 1.807) is 0 Å². The van der Waals surface area contributed by atoms with Crippen molar-refractivity contribution in [1.29, 1.82) is 0 Å². The van der Waals surface area contributed by atoms with Gasteiger partial charge in [0.1, 0.15) is 5.75 Å². The number of carbonyl (C=O) groups excluding carboxylic acids is 1. The van der Waals surface area contributed by atoms with E-state index < -0.39 is 6.10 Å². The van der Waals surface area contributed by atoms with E-state index in [2.05, 4.69) is 11.0 Å². The van der Waals surface area contributed by atoms with Crippen molar-refractivity contribution < 1.29 is 9.53 Å². The van der Waals surface area contributed by atoms with Crippen molar-refractivity contribution in [3.63, 3.8) is 0 Å². The molecular formula is C18H27N3O2. The summed E-state index contributed by atoms with van der Waals surface area (Å²) in [6.45, 7) is 3.48. The monoisotopic (exact) mass is 317 g/mol. The molecule has 1 fully saturated rings. The number of nitrogens with two attached hydrogens (primary N) is 1. The van der Waals surface area contributed by atoms with Gasteiger partial charge in [0.2, 0.25) is 0 Å². The summed E-state index contributed by atoms with van der Waals surface area (Å²) in [7, 11) is 4.09. The minimum absolute atomic E-state index is 0.0356. The number of fused-ring (bicyclic) bond motifs is 1. The minimum Gasteiger partial charge on any atom is -0.479 e. The lowest BCUT2D eigenvalue weighted by Gasteiger charge is -2.34. The molecule has 0 spiro atoms. The van der Waals surface area contributed by atoms with Gasteiger partial charge in [-0.2, -0.15) is 0 Å². The lowest BCUT2D eigenvalue weighted by atomic mass is 10.0. The first kappa shape index (κ1) is 16.3. The molecule has 0 bridgehead atoms. The summed E-state index contributed by atoms with van der Waals surface area (Å²) in [5, 5.41) is 0. The fourth-order valence-electron chi connectivity index (χ4n) is 3.13. The van der Waals surface area contributed by atoms with Gasteiger partial charge in [0.05, 0.1) is 5.69 Å². The van der Waals surface area contributed by atoms with Gasteiger partial charge in [-0.1, -0.05) is 6.07 Å². The highest BCUT2D eigenvalue weighted by Crippen LogP contribution is 2.42. The second-order valence-corrected chi connectivity index (χ2v) is 7.00. The zero-order valence-corrected chi connectivity index (χ0v) is 14.3. The highest BCUT2D eigenvalue weighted by atomic mass is 16.5.